The second-order valence-electron chi connectivity index (χ2n) is 6.39. The van der Waals surface area contributed by atoms with Crippen molar-refractivity contribution in [2.24, 2.45) is 5.41 Å². The van der Waals surface area contributed by atoms with Crippen LogP contribution in [0.2, 0.25) is 0 Å². The van der Waals surface area contributed by atoms with E-state index in [1.54, 1.807) is 0 Å². The van der Waals surface area contributed by atoms with Crippen molar-refractivity contribution < 1.29 is 0 Å². The van der Waals surface area contributed by atoms with Crippen LogP contribution in [-0.2, 0) is 0 Å². The van der Waals surface area contributed by atoms with Crippen molar-refractivity contribution in [3.8, 4) is 0 Å². The molecule has 1 saturated heterocycles. The zero-order valence-corrected chi connectivity index (χ0v) is 12.2. The molecule has 1 heteroatoms. The Kier molecular flexibility index (Phi) is 4.45. The van der Waals surface area contributed by atoms with E-state index in [0.29, 0.717) is 11.5 Å². The van der Waals surface area contributed by atoms with Crippen LogP contribution in [0.25, 0.3) is 0 Å². The van der Waals surface area contributed by atoms with Gasteiger partial charge < -0.3 is 0 Å². The lowest BCUT2D eigenvalue weighted by atomic mass is 9.81. The SMILES string of the molecule is CCC(C)(C)CC(c1ccccc1)N1CCCC1. The molecule has 1 atom stereocenters. The lowest BCUT2D eigenvalue weighted by Crippen LogP contribution is -2.29. The number of hydrogen-bond donors (Lipinski definition) is 0. The van der Waals surface area contributed by atoms with Gasteiger partial charge >= 0.3 is 0 Å². The maximum atomic E-state index is 2.69. The lowest BCUT2D eigenvalue weighted by Gasteiger charge is -2.35. The smallest absolute Gasteiger partial charge is 0.0353 e. The maximum Gasteiger partial charge on any atom is 0.0353 e. The van der Waals surface area contributed by atoms with E-state index in [0.717, 1.165) is 0 Å². The Morgan fingerprint density at radius 1 is 1.11 bits per heavy atom. The third-order valence-electron chi connectivity index (χ3n) is 4.47. The van der Waals surface area contributed by atoms with Crippen LogP contribution in [0.1, 0.15) is 58.1 Å². The Morgan fingerprint density at radius 2 is 1.72 bits per heavy atom. The Hall–Kier alpha value is -0.820. The minimum atomic E-state index is 0.434. The maximum absolute atomic E-state index is 2.69. The Labute approximate surface area is 112 Å². The molecular formula is C17H27N. The van der Waals surface area contributed by atoms with Gasteiger partial charge in [0, 0.05) is 6.04 Å². The molecule has 0 aromatic heterocycles. The largest absolute Gasteiger partial charge is 0.296 e. The number of hydrogen-bond acceptors (Lipinski definition) is 1. The first-order valence-electron chi connectivity index (χ1n) is 7.41. The van der Waals surface area contributed by atoms with E-state index >= 15 is 0 Å². The lowest BCUT2D eigenvalue weighted by molar-refractivity contribution is 0.166. The molecule has 2 rings (SSSR count). The zero-order valence-electron chi connectivity index (χ0n) is 12.2. The molecule has 18 heavy (non-hydrogen) atoms. The van der Waals surface area contributed by atoms with Gasteiger partial charge in [0.05, 0.1) is 0 Å². The van der Waals surface area contributed by atoms with E-state index in [4.69, 9.17) is 0 Å². The molecule has 1 nitrogen and oxygen atoms in total. The standard InChI is InChI=1S/C17H27N/c1-4-17(2,3)14-16(18-12-8-9-13-18)15-10-6-5-7-11-15/h5-7,10-11,16H,4,8-9,12-14H2,1-3H3. The summed E-state index contributed by atoms with van der Waals surface area (Å²) in [4.78, 5) is 2.69. The second-order valence-corrected chi connectivity index (χ2v) is 6.39. The van der Waals surface area contributed by atoms with E-state index in [2.05, 4.69) is 56.0 Å². The predicted octanol–water partition coefficient (Wildman–Crippen LogP) is 4.65. The average Bonchev–Trinajstić information content (AvgIpc) is 2.91. The van der Waals surface area contributed by atoms with Crippen molar-refractivity contribution in [2.75, 3.05) is 13.1 Å². The molecule has 0 spiro atoms. The fourth-order valence-corrected chi connectivity index (χ4v) is 2.85. The van der Waals surface area contributed by atoms with Gasteiger partial charge in [-0.25, -0.2) is 0 Å². The van der Waals surface area contributed by atoms with Crippen LogP contribution in [0.5, 0.6) is 0 Å². The van der Waals surface area contributed by atoms with Crippen LogP contribution < -0.4 is 0 Å². The highest BCUT2D eigenvalue weighted by molar-refractivity contribution is 5.19. The summed E-state index contributed by atoms with van der Waals surface area (Å²) in [6.45, 7) is 9.67. The van der Waals surface area contributed by atoms with E-state index in [1.807, 2.05) is 0 Å². The van der Waals surface area contributed by atoms with Gasteiger partial charge in [-0.3, -0.25) is 4.90 Å². The van der Waals surface area contributed by atoms with Gasteiger partial charge in [0.25, 0.3) is 0 Å². The first kappa shape index (κ1) is 13.6. The highest BCUT2D eigenvalue weighted by Gasteiger charge is 2.28. The first-order valence-corrected chi connectivity index (χ1v) is 7.41. The summed E-state index contributed by atoms with van der Waals surface area (Å²) in [5.41, 5.74) is 1.93. The molecule has 1 aliphatic heterocycles. The summed E-state index contributed by atoms with van der Waals surface area (Å²) < 4.78 is 0. The second kappa shape index (κ2) is 5.88. The summed E-state index contributed by atoms with van der Waals surface area (Å²) >= 11 is 0. The Morgan fingerprint density at radius 3 is 2.28 bits per heavy atom. The van der Waals surface area contributed by atoms with E-state index < -0.39 is 0 Å². The highest BCUT2D eigenvalue weighted by Crippen LogP contribution is 2.37. The van der Waals surface area contributed by atoms with Crippen LogP contribution in [0.15, 0.2) is 30.3 Å². The van der Waals surface area contributed by atoms with E-state index in [-0.39, 0.29) is 0 Å². The molecule has 0 radical (unpaired) electrons. The van der Waals surface area contributed by atoms with Gasteiger partial charge in [0.1, 0.15) is 0 Å². The van der Waals surface area contributed by atoms with Gasteiger partial charge in [-0.15, -0.1) is 0 Å². The van der Waals surface area contributed by atoms with Gasteiger partial charge in [-0.1, -0.05) is 57.5 Å². The van der Waals surface area contributed by atoms with Crippen molar-refractivity contribution >= 4 is 0 Å². The summed E-state index contributed by atoms with van der Waals surface area (Å²) in [5.74, 6) is 0. The third kappa shape index (κ3) is 3.35. The zero-order chi connectivity index (χ0) is 13.0. The van der Waals surface area contributed by atoms with Crippen molar-refractivity contribution in [1.29, 1.82) is 0 Å². The molecule has 0 aliphatic carbocycles. The molecule has 100 valence electrons. The predicted molar refractivity (Wildman–Crippen MR) is 78.7 cm³/mol. The molecule has 0 N–H and O–H groups in total. The third-order valence-corrected chi connectivity index (χ3v) is 4.47. The minimum Gasteiger partial charge on any atom is -0.296 e. The summed E-state index contributed by atoms with van der Waals surface area (Å²) in [7, 11) is 0. The molecule has 0 bridgehead atoms. The van der Waals surface area contributed by atoms with Crippen molar-refractivity contribution in [1.82, 2.24) is 4.90 Å². The van der Waals surface area contributed by atoms with Crippen LogP contribution in [0.4, 0.5) is 0 Å². The molecular weight excluding hydrogens is 218 g/mol. The van der Waals surface area contributed by atoms with E-state index in [1.165, 1.54) is 44.3 Å². The molecule has 1 aromatic rings. The normalized spacial score (nSPS) is 19.1. The van der Waals surface area contributed by atoms with Gasteiger partial charge in [-0.05, 0) is 43.3 Å². The van der Waals surface area contributed by atoms with Gasteiger partial charge in [0.2, 0.25) is 0 Å². The number of rotatable bonds is 5. The van der Waals surface area contributed by atoms with Gasteiger partial charge in [-0.2, -0.15) is 0 Å². The minimum absolute atomic E-state index is 0.434. The van der Waals surface area contributed by atoms with E-state index in [9.17, 15) is 0 Å². The van der Waals surface area contributed by atoms with Crippen LogP contribution in [-0.4, -0.2) is 18.0 Å². The molecule has 1 aliphatic rings. The monoisotopic (exact) mass is 245 g/mol. The highest BCUT2D eigenvalue weighted by atomic mass is 15.2. The van der Waals surface area contributed by atoms with Gasteiger partial charge in [0.15, 0.2) is 0 Å². The summed E-state index contributed by atoms with van der Waals surface area (Å²) in [6, 6.07) is 11.7. The number of nitrogens with zero attached hydrogens (tertiary/aromatic N) is 1. The Balaban J connectivity index is 2.17. The Bertz CT molecular complexity index is 349. The topological polar surface area (TPSA) is 3.24 Å². The van der Waals surface area contributed by atoms with Crippen LogP contribution in [0, 0.1) is 5.41 Å². The van der Waals surface area contributed by atoms with Crippen molar-refractivity contribution in [3.05, 3.63) is 35.9 Å². The molecule has 0 amide bonds. The summed E-state index contributed by atoms with van der Waals surface area (Å²) in [6.07, 6.45) is 5.27. The fourth-order valence-electron chi connectivity index (χ4n) is 2.85. The fraction of sp³-hybridized carbons (Fsp3) is 0.647. The number of benzene rings is 1. The molecule has 1 fully saturated rings. The first-order chi connectivity index (χ1) is 8.62. The number of likely N-dealkylation sites (tertiary alicyclic amines) is 1. The van der Waals surface area contributed by atoms with Crippen molar-refractivity contribution in [2.45, 2.75) is 52.5 Å². The summed E-state index contributed by atoms with van der Waals surface area (Å²) in [5, 5.41) is 0. The quantitative estimate of drug-likeness (QED) is 0.730. The molecule has 1 unspecified atom stereocenters. The molecule has 1 aromatic carbocycles. The van der Waals surface area contributed by atoms with Crippen LogP contribution in [0.3, 0.4) is 0 Å². The molecule has 0 saturated carbocycles. The molecule has 1 heterocycles. The van der Waals surface area contributed by atoms with Crippen molar-refractivity contribution in [3.63, 3.8) is 0 Å². The average molecular weight is 245 g/mol. The van der Waals surface area contributed by atoms with Crippen LogP contribution >= 0.6 is 0 Å².